The largest absolute Gasteiger partial charge is 0.467 e. The number of fused-ring (bicyclic) bond motifs is 1. The first-order chi connectivity index (χ1) is 7.96. The third kappa shape index (κ3) is 3.11. The van der Waals surface area contributed by atoms with Gasteiger partial charge in [0.2, 0.25) is 0 Å². The normalized spacial score (nSPS) is 15.2. The van der Waals surface area contributed by atoms with Crippen LogP contribution >= 0.6 is 0 Å². The lowest BCUT2D eigenvalue weighted by molar-refractivity contribution is -0.0290. The quantitative estimate of drug-likeness (QED) is 0.803. The Labute approximate surface area is 102 Å². The number of benzene rings is 1. The maximum absolute atomic E-state index is 5.86. The lowest BCUT2D eigenvalue weighted by Crippen LogP contribution is -2.20. The van der Waals surface area contributed by atoms with E-state index in [-0.39, 0.29) is 5.60 Å². The summed E-state index contributed by atoms with van der Waals surface area (Å²) in [5, 5.41) is 0. The average molecular weight is 237 g/mol. The van der Waals surface area contributed by atoms with Crippen molar-refractivity contribution in [2.24, 2.45) is 0 Å². The Bertz CT molecular complexity index is 410. The minimum atomic E-state index is -0.178. The zero-order chi connectivity index (χ0) is 12.5. The summed E-state index contributed by atoms with van der Waals surface area (Å²) in [5.74, 6) is 0.856. The predicted octanol–water partition coefficient (Wildman–Crippen LogP) is 2.45. The Morgan fingerprint density at radius 2 is 2.12 bits per heavy atom. The molecule has 0 spiro atoms. The van der Waals surface area contributed by atoms with E-state index in [4.69, 9.17) is 19.9 Å². The van der Waals surface area contributed by atoms with E-state index in [9.17, 15) is 0 Å². The molecule has 0 bridgehead atoms. The monoisotopic (exact) mass is 237 g/mol. The molecule has 0 aliphatic carbocycles. The van der Waals surface area contributed by atoms with Crippen LogP contribution in [0.15, 0.2) is 12.1 Å². The van der Waals surface area contributed by atoms with Crippen LogP contribution in [0.2, 0.25) is 0 Å². The SMILES string of the molecule is CC(C)(C)OCc1cc(N)cc2c1OCOC2. The number of nitrogen functional groups attached to an aromatic ring is 1. The van der Waals surface area contributed by atoms with Crippen LogP contribution in [0.3, 0.4) is 0 Å². The molecule has 0 fully saturated rings. The van der Waals surface area contributed by atoms with Crippen molar-refractivity contribution in [3.63, 3.8) is 0 Å². The van der Waals surface area contributed by atoms with E-state index in [1.165, 1.54) is 0 Å². The van der Waals surface area contributed by atoms with Crippen molar-refractivity contribution in [3.05, 3.63) is 23.3 Å². The Morgan fingerprint density at radius 3 is 2.82 bits per heavy atom. The first kappa shape index (κ1) is 12.2. The molecule has 0 atom stereocenters. The summed E-state index contributed by atoms with van der Waals surface area (Å²) in [7, 11) is 0. The summed E-state index contributed by atoms with van der Waals surface area (Å²) in [5.41, 5.74) is 8.36. The highest BCUT2D eigenvalue weighted by Crippen LogP contribution is 2.31. The van der Waals surface area contributed by atoms with Crippen molar-refractivity contribution in [3.8, 4) is 5.75 Å². The molecule has 94 valence electrons. The van der Waals surface area contributed by atoms with E-state index < -0.39 is 0 Å². The van der Waals surface area contributed by atoms with Crippen LogP contribution in [-0.4, -0.2) is 12.4 Å². The van der Waals surface area contributed by atoms with Gasteiger partial charge in [0, 0.05) is 16.8 Å². The van der Waals surface area contributed by atoms with Gasteiger partial charge in [-0.25, -0.2) is 0 Å². The van der Waals surface area contributed by atoms with Gasteiger partial charge in [0.15, 0.2) is 6.79 Å². The van der Waals surface area contributed by atoms with Gasteiger partial charge in [-0.05, 0) is 32.9 Å². The number of anilines is 1. The summed E-state index contributed by atoms with van der Waals surface area (Å²) in [4.78, 5) is 0. The molecule has 1 aromatic rings. The molecule has 0 saturated carbocycles. The predicted molar refractivity (Wildman–Crippen MR) is 65.7 cm³/mol. The van der Waals surface area contributed by atoms with Crippen LogP contribution in [0, 0.1) is 0 Å². The second-order valence-electron chi connectivity index (χ2n) is 5.18. The van der Waals surface area contributed by atoms with Gasteiger partial charge in [0.05, 0.1) is 18.8 Å². The molecule has 1 heterocycles. The smallest absolute Gasteiger partial charge is 0.189 e. The number of ether oxygens (including phenoxy) is 3. The zero-order valence-electron chi connectivity index (χ0n) is 10.6. The van der Waals surface area contributed by atoms with Gasteiger partial charge >= 0.3 is 0 Å². The zero-order valence-corrected chi connectivity index (χ0v) is 10.6. The molecule has 1 aliphatic heterocycles. The lowest BCUT2D eigenvalue weighted by atomic mass is 10.1. The Balaban J connectivity index is 2.23. The van der Waals surface area contributed by atoms with Crippen LogP contribution in [0.25, 0.3) is 0 Å². The van der Waals surface area contributed by atoms with Gasteiger partial charge < -0.3 is 19.9 Å². The molecule has 0 amide bonds. The summed E-state index contributed by atoms with van der Waals surface area (Å²) < 4.78 is 16.5. The van der Waals surface area contributed by atoms with Gasteiger partial charge in [-0.3, -0.25) is 0 Å². The van der Waals surface area contributed by atoms with Gasteiger partial charge in [-0.1, -0.05) is 0 Å². The second-order valence-corrected chi connectivity index (χ2v) is 5.18. The first-order valence-corrected chi connectivity index (χ1v) is 5.71. The average Bonchev–Trinajstić information content (AvgIpc) is 2.24. The van der Waals surface area contributed by atoms with E-state index in [1.807, 2.05) is 32.9 Å². The van der Waals surface area contributed by atoms with Crippen LogP contribution in [0.5, 0.6) is 5.75 Å². The Hall–Kier alpha value is -1.26. The van der Waals surface area contributed by atoms with E-state index in [0.717, 1.165) is 16.9 Å². The minimum Gasteiger partial charge on any atom is -0.467 e. The summed E-state index contributed by atoms with van der Waals surface area (Å²) in [6, 6.07) is 3.78. The van der Waals surface area contributed by atoms with Crippen LogP contribution in [0.1, 0.15) is 31.9 Å². The first-order valence-electron chi connectivity index (χ1n) is 5.71. The highest BCUT2D eigenvalue weighted by molar-refractivity contribution is 5.53. The number of nitrogens with two attached hydrogens (primary N) is 1. The third-order valence-electron chi connectivity index (χ3n) is 2.47. The topological polar surface area (TPSA) is 53.7 Å². The van der Waals surface area contributed by atoms with Crippen LogP contribution in [0.4, 0.5) is 5.69 Å². The molecule has 0 radical (unpaired) electrons. The molecule has 4 nitrogen and oxygen atoms in total. The number of hydrogen-bond acceptors (Lipinski definition) is 4. The van der Waals surface area contributed by atoms with Crippen LogP contribution in [-0.2, 0) is 22.7 Å². The Kier molecular flexibility index (Phi) is 3.26. The molecule has 17 heavy (non-hydrogen) atoms. The number of rotatable bonds is 2. The lowest BCUT2D eigenvalue weighted by Gasteiger charge is -2.24. The summed E-state index contributed by atoms with van der Waals surface area (Å²) in [6.07, 6.45) is 0. The highest BCUT2D eigenvalue weighted by Gasteiger charge is 2.18. The molecule has 1 aliphatic rings. The molecule has 4 heteroatoms. The molecule has 2 rings (SSSR count). The highest BCUT2D eigenvalue weighted by atomic mass is 16.7. The summed E-state index contributed by atoms with van der Waals surface area (Å²) in [6.45, 7) is 7.40. The van der Waals surface area contributed by atoms with Crippen molar-refractivity contribution in [2.75, 3.05) is 12.5 Å². The van der Waals surface area contributed by atoms with E-state index in [2.05, 4.69) is 0 Å². The third-order valence-corrected chi connectivity index (χ3v) is 2.47. The maximum Gasteiger partial charge on any atom is 0.189 e. The van der Waals surface area contributed by atoms with Crippen molar-refractivity contribution in [2.45, 2.75) is 39.6 Å². The van der Waals surface area contributed by atoms with Crippen molar-refractivity contribution >= 4 is 5.69 Å². The van der Waals surface area contributed by atoms with Crippen molar-refractivity contribution < 1.29 is 14.2 Å². The van der Waals surface area contributed by atoms with E-state index >= 15 is 0 Å². The fourth-order valence-corrected chi connectivity index (χ4v) is 1.73. The van der Waals surface area contributed by atoms with Crippen molar-refractivity contribution in [1.29, 1.82) is 0 Å². The molecular weight excluding hydrogens is 218 g/mol. The van der Waals surface area contributed by atoms with Gasteiger partial charge in [0.1, 0.15) is 5.75 Å². The molecule has 0 saturated heterocycles. The second kappa shape index (κ2) is 4.55. The van der Waals surface area contributed by atoms with Crippen molar-refractivity contribution in [1.82, 2.24) is 0 Å². The fourth-order valence-electron chi connectivity index (χ4n) is 1.73. The molecule has 1 aromatic carbocycles. The van der Waals surface area contributed by atoms with Gasteiger partial charge in [-0.2, -0.15) is 0 Å². The fraction of sp³-hybridized carbons (Fsp3) is 0.538. The Morgan fingerprint density at radius 1 is 1.35 bits per heavy atom. The van der Waals surface area contributed by atoms with Gasteiger partial charge in [0.25, 0.3) is 0 Å². The van der Waals surface area contributed by atoms with Gasteiger partial charge in [-0.15, -0.1) is 0 Å². The van der Waals surface area contributed by atoms with E-state index in [1.54, 1.807) is 0 Å². The minimum absolute atomic E-state index is 0.178. The maximum atomic E-state index is 5.86. The van der Waals surface area contributed by atoms with Crippen LogP contribution < -0.4 is 10.5 Å². The molecule has 0 unspecified atom stereocenters. The molecule has 2 N–H and O–H groups in total. The molecule has 0 aromatic heterocycles. The summed E-state index contributed by atoms with van der Waals surface area (Å²) >= 11 is 0. The standard InChI is InChI=1S/C13H19NO3/c1-13(2,3)17-7-10-5-11(14)4-9-6-15-8-16-12(9)10/h4-5H,6-8,14H2,1-3H3. The molecular formula is C13H19NO3. The van der Waals surface area contributed by atoms with E-state index in [0.29, 0.717) is 25.7 Å². The number of hydrogen-bond donors (Lipinski definition) is 1.